The summed E-state index contributed by atoms with van der Waals surface area (Å²) in [5.41, 5.74) is 9.94. The van der Waals surface area contributed by atoms with Gasteiger partial charge in [-0.15, -0.1) is 0 Å². The molecule has 0 aromatic carbocycles. The fraction of sp³-hybridized carbons (Fsp3) is 0.429. The average Bonchev–Trinajstić information content (AvgIpc) is 2.96. The predicted molar refractivity (Wildman–Crippen MR) is 70.5 cm³/mol. The topological polar surface area (TPSA) is 74.2 Å². The van der Waals surface area contributed by atoms with E-state index in [0.717, 1.165) is 34.6 Å². The van der Waals surface area contributed by atoms with Crippen molar-refractivity contribution in [2.75, 3.05) is 6.61 Å². The lowest BCUT2D eigenvalue weighted by Gasteiger charge is -2.15. The predicted octanol–water partition coefficient (Wildman–Crippen LogP) is 2.14. The smallest absolute Gasteiger partial charge is 0.141 e. The second kappa shape index (κ2) is 4.75. The van der Waals surface area contributed by atoms with E-state index in [4.69, 9.17) is 15.0 Å². The summed E-state index contributed by atoms with van der Waals surface area (Å²) in [6.07, 6.45) is 4.46. The summed E-state index contributed by atoms with van der Waals surface area (Å²) in [5.74, 6) is 0.799. The molecule has 0 aliphatic carbocycles. The highest BCUT2D eigenvalue weighted by Gasteiger charge is 2.27. The van der Waals surface area contributed by atoms with Gasteiger partial charge in [-0.05, 0) is 26.3 Å². The van der Waals surface area contributed by atoms with E-state index in [1.807, 2.05) is 26.2 Å². The van der Waals surface area contributed by atoms with Crippen molar-refractivity contribution < 1.29 is 9.26 Å². The summed E-state index contributed by atoms with van der Waals surface area (Å²) in [5, 5.41) is 3.98. The van der Waals surface area contributed by atoms with Crippen LogP contribution in [-0.4, -0.2) is 22.8 Å². The molecule has 5 heteroatoms. The van der Waals surface area contributed by atoms with Gasteiger partial charge in [0.15, 0.2) is 0 Å². The average molecular weight is 259 g/mol. The fourth-order valence-corrected chi connectivity index (χ4v) is 2.59. The number of aryl methyl sites for hydroxylation is 2. The molecule has 2 atom stereocenters. The zero-order valence-corrected chi connectivity index (χ0v) is 11.1. The first-order valence-electron chi connectivity index (χ1n) is 6.42. The van der Waals surface area contributed by atoms with E-state index in [9.17, 15) is 0 Å². The second-order valence-corrected chi connectivity index (χ2v) is 4.95. The van der Waals surface area contributed by atoms with Gasteiger partial charge in [0, 0.05) is 41.7 Å². The van der Waals surface area contributed by atoms with Crippen LogP contribution in [-0.2, 0) is 4.74 Å². The van der Waals surface area contributed by atoms with E-state index in [1.165, 1.54) is 0 Å². The molecule has 0 saturated carbocycles. The Morgan fingerprint density at radius 1 is 1.32 bits per heavy atom. The number of nitrogens with zero attached hydrogens (tertiary/aromatic N) is 2. The maximum Gasteiger partial charge on any atom is 0.141 e. The molecule has 1 aliphatic heterocycles. The Bertz CT molecular complexity index is 575. The summed E-state index contributed by atoms with van der Waals surface area (Å²) in [7, 11) is 0. The van der Waals surface area contributed by atoms with Crippen LogP contribution in [0.3, 0.4) is 0 Å². The Morgan fingerprint density at radius 3 is 2.79 bits per heavy atom. The molecule has 100 valence electrons. The van der Waals surface area contributed by atoms with Crippen molar-refractivity contribution in [3.05, 3.63) is 35.5 Å². The zero-order chi connectivity index (χ0) is 13.4. The third kappa shape index (κ3) is 2.15. The molecule has 1 fully saturated rings. The number of aromatic nitrogens is 2. The molecule has 2 N–H and O–H groups in total. The lowest BCUT2D eigenvalue weighted by Crippen LogP contribution is -2.23. The first kappa shape index (κ1) is 12.3. The highest BCUT2D eigenvalue weighted by atomic mass is 16.5. The maximum absolute atomic E-state index is 6.06. The highest BCUT2D eigenvalue weighted by molar-refractivity contribution is 5.67. The van der Waals surface area contributed by atoms with Crippen LogP contribution in [0.25, 0.3) is 11.1 Å². The Morgan fingerprint density at radius 2 is 2.16 bits per heavy atom. The molecule has 0 bridgehead atoms. The molecule has 1 aliphatic rings. The molecule has 0 unspecified atom stereocenters. The monoisotopic (exact) mass is 259 g/mol. The largest absolute Gasteiger partial charge is 0.372 e. The number of nitrogens with two attached hydrogens (primary N) is 1. The van der Waals surface area contributed by atoms with Crippen molar-refractivity contribution in [2.45, 2.75) is 32.4 Å². The molecule has 0 radical (unpaired) electrons. The third-order valence-corrected chi connectivity index (χ3v) is 3.55. The van der Waals surface area contributed by atoms with E-state index in [0.29, 0.717) is 6.61 Å². The van der Waals surface area contributed by atoms with Gasteiger partial charge in [0.1, 0.15) is 5.76 Å². The minimum Gasteiger partial charge on any atom is -0.372 e. The second-order valence-electron chi connectivity index (χ2n) is 4.95. The quantitative estimate of drug-likeness (QED) is 0.894. The summed E-state index contributed by atoms with van der Waals surface area (Å²) in [4.78, 5) is 4.30. The van der Waals surface area contributed by atoms with Gasteiger partial charge >= 0.3 is 0 Å². The van der Waals surface area contributed by atoms with Crippen molar-refractivity contribution in [3.63, 3.8) is 0 Å². The van der Waals surface area contributed by atoms with Gasteiger partial charge < -0.3 is 15.0 Å². The van der Waals surface area contributed by atoms with E-state index >= 15 is 0 Å². The lowest BCUT2D eigenvalue weighted by atomic mass is 10.00. The van der Waals surface area contributed by atoms with Crippen LogP contribution in [0, 0.1) is 13.8 Å². The number of hydrogen-bond acceptors (Lipinski definition) is 5. The number of rotatable bonds is 2. The van der Waals surface area contributed by atoms with Gasteiger partial charge in [-0.25, -0.2) is 0 Å². The van der Waals surface area contributed by atoms with Crippen LogP contribution in [0.2, 0.25) is 0 Å². The standard InChI is InChI=1S/C14H17N3O2/c1-8-13(9(2)19-17-8)10-5-11(7-16-6-10)14-12(15)3-4-18-14/h5-7,12,14H,3-4,15H2,1-2H3/t12-,14+/m1/s1. The van der Waals surface area contributed by atoms with Crippen LogP contribution in [0.1, 0.15) is 29.5 Å². The molecule has 0 amide bonds. The van der Waals surface area contributed by atoms with Crippen LogP contribution in [0.4, 0.5) is 0 Å². The first-order chi connectivity index (χ1) is 9.16. The molecule has 1 saturated heterocycles. The summed E-state index contributed by atoms with van der Waals surface area (Å²) in [6, 6.07) is 2.11. The lowest BCUT2D eigenvalue weighted by molar-refractivity contribution is 0.105. The van der Waals surface area contributed by atoms with Gasteiger partial charge in [-0.1, -0.05) is 5.16 Å². The Balaban J connectivity index is 2.01. The minimum absolute atomic E-state index is 0.0433. The molecule has 19 heavy (non-hydrogen) atoms. The number of ether oxygens (including phenoxy) is 1. The number of hydrogen-bond donors (Lipinski definition) is 1. The zero-order valence-electron chi connectivity index (χ0n) is 11.1. The summed E-state index contributed by atoms with van der Waals surface area (Å²) >= 11 is 0. The Kier molecular flexibility index (Phi) is 3.08. The van der Waals surface area contributed by atoms with Gasteiger partial charge in [0.25, 0.3) is 0 Å². The van der Waals surface area contributed by atoms with Crippen LogP contribution < -0.4 is 5.73 Å². The van der Waals surface area contributed by atoms with E-state index in [1.54, 1.807) is 0 Å². The van der Waals surface area contributed by atoms with E-state index in [-0.39, 0.29) is 12.1 Å². The molecular weight excluding hydrogens is 242 g/mol. The molecule has 2 aromatic rings. The van der Waals surface area contributed by atoms with Crippen LogP contribution >= 0.6 is 0 Å². The van der Waals surface area contributed by atoms with Crippen molar-refractivity contribution in [3.8, 4) is 11.1 Å². The maximum atomic E-state index is 6.06. The van der Waals surface area contributed by atoms with Gasteiger partial charge in [0.05, 0.1) is 11.8 Å². The molecule has 5 nitrogen and oxygen atoms in total. The highest BCUT2D eigenvalue weighted by Crippen LogP contribution is 2.32. The Labute approximate surface area is 111 Å². The summed E-state index contributed by atoms with van der Waals surface area (Å²) in [6.45, 7) is 4.54. The van der Waals surface area contributed by atoms with Gasteiger partial charge in [0.2, 0.25) is 0 Å². The molecule has 0 spiro atoms. The normalized spacial score (nSPS) is 22.9. The van der Waals surface area contributed by atoms with E-state index in [2.05, 4.69) is 16.2 Å². The van der Waals surface area contributed by atoms with Crippen molar-refractivity contribution >= 4 is 0 Å². The SMILES string of the molecule is Cc1noc(C)c1-c1cncc([C@@H]2OCC[C@H]2N)c1. The van der Waals surface area contributed by atoms with Crippen molar-refractivity contribution in [1.82, 2.24) is 10.1 Å². The fourth-order valence-electron chi connectivity index (χ4n) is 2.59. The molecular formula is C14H17N3O2. The molecule has 3 heterocycles. The summed E-state index contributed by atoms with van der Waals surface area (Å²) < 4.78 is 10.9. The minimum atomic E-state index is -0.0621. The molecule has 2 aromatic heterocycles. The number of pyridine rings is 1. The molecule has 3 rings (SSSR count). The van der Waals surface area contributed by atoms with Crippen molar-refractivity contribution in [2.24, 2.45) is 5.73 Å². The van der Waals surface area contributed by atoms with Crippen LogP contribution in [0.5, 0.6) is 0 Å². The van der Waals surface area contributed by atoms with Gasteiger partial charge in [-0.3, -0.25) is 4.98 Å². The Hall–Kier alpha value is -1.72. The van der Waals surface area contributed by atoms with Crippen molar-refractivity contribution in [1.29, 1.82) is 0 Å². The van der Waals surface area contributed by atoms with E-state index < -0.39 is 0 Å². The van der Waals surface area contributed by atoms with Crippen LogP contribution in [0.15, 0.2) is 23.0 Å². The first-order valence-corrected chi connectivity index (χ1v) is 6.42. The van der Waals surface area contributed by atoms with Gasteiger partial charge in [-0.2, -0.15) is 0 Å². The third-order valence-electron chi connectivity index (χ3n) is 3.55.